The quantitative estimate of drug-likeness (QED) is 0.873. The molecule has 2 unspecified atom stereocenters. The fourth-order valence-corrected chi connectivity index (χ4v) is 2.61. The molecular weight excluding hydrogens is 264 g/mol. The van der Waals surface area contributed by atoms with E-state index in [-0.39, 0.29) is 5.41 Å². The molecule has 1 aromatic heterocycles. The van der Waals surface area contributed by atoms with Gasteiger partial charge in [0.25, 0.3) is 0 Å². The summed E-state index contributed by atoms with van der Waals surface area (Å²) >= 11 is 0. The third-order valence-electron chi connectivity index (χ3n) is 3.95. The molecule has 1 saturated heterocycles. The molecule has 0 saturated carbocycles. The standard InChI is InChI=1S/C16H28N4O/c1-6-12-11(7-8-21-12)10-18-14-9-13(17-5)19-15(20-14)16(2,3)4/h9,11-12H,6-8,10H2,1-5H3,(H2,17,18,19,20). The Hall–Kier alpha value is -1.36. The fourth-order valence-electron chi connectivity index (χ4n) is 2.61. The van der Waals surface area contributed by atoms with E-state index in [1.165, 1.54) is 0 Å². The highest BCUT2D eigenvalue weighted by Gasteiger charge is 2.26. The average molecular weight is 292 g/mol. The van der Waals surface area contributed by atoms with Gasteiger partial charge in [-0.2, -0.15) is 0 Å². The molecule has 1 aromatic rings. The van der Waals surface area contributed by atoms with Crippen LogP contribution in [0.5, 0.6) is 0 Å². The van der Waals surface area contributed by atoms with Crippen molar-refractivity contribution in [1.82, 2.24) is 9.97 Å². The van der Waals surface area contributed by atoms with Crippen LogP contribution in [-0.2, 0) is 10.2 Å². The summed E-state index contributed by atoms with van der Waals surface area (Å²) in [6, 6.07) is 1.96. The molecule has 2 rings (SSSR count). The minimum atomic E-state index is -0.0638. The molecule has 0 aromatic carbocycles. The Morgan fingerprint density at radius 2 is 2.00 bits per heavy atom. The van der Waals surface area contributed by atoms with Crippen molar-refractivity contribution >= 4 is 11.6 Å². The van der Waals surface area contributed by atoms with Crippen molar-refractivity contribution in [2.45, 2.75) is 52.1 Å². The summed E-state index contributed by atoms with van der Waals surface area (Å²) in [7, 11) is 1.89. The molecule has 5 heteroatoms. The van der Waals surface area contributed by atoms with Gasteiger partial charge in [-0.15, -0.1) is 0 Å². The summed E-state index contributed by atoms with van der Waals surface area (Å²) in [6.45, 7) is 10.4. The maximum atomic E-state index is 5.74. The van der Waals surface area contributed by atoms with E-state index in [2.05, 4.69) is 48.3 Å². The fraction of sp³-hybridized carbons (Fsp3) is 0.750. The highest BCUT2D eigenvalue weighted by atomic mass is 16.5. The van der Waals surface area contributed by atoms with Gasteiger partial charge in [0.1, 0.15) is 17.5 Å². The van der Waals surface area contributed by atoms with Crippen LogP contribution in [0.3, 0.4) is 0 Å². The van der Waals surface area contributed by atoms with Gasteiger partial charge in [-0.3, -0.25) is 0 Å². The average Bonchev–Trinajstić information content (AvgIpc) is 2.91. The summed E-state index contributed by atoms with van der Waals surface area (Å²) in [5.41, 5.74) is -0.0638. The smallest absolute Gasteiger partial charge is 0.138 e. The lowest BCUT2D eigenvalue weighted by Gasteiger charge is -2.21. The van der Waals surface area contributed by atoms with Crippen LogP contribution in [0.15, 0.2) is 6.07 Å². The third-order valence-corrected chi connectivity index (χ3v) is 3.95. The zero-order valence-corrected chi connectivity index (χ0v) is 13.9. The second kappa shape index (κ2) is 6.60. The van der Waals surface area contributed by atoms with Crippen molar-refractivity contribution in [2.75, 3.05) is 30.8 Å². The number of anilines is 2. The lowest BCUT2D eigenvalue weighted by Crippen LogP contribution is -2.24. The molecule has 2 N–H and O–H groups in total. The van der Waals surface area contributed by atoms with Crippen LogP contribution in [-0.4, -0.2) is 36.3 Å². The summed E-state index contributed by atoms with van der Waals surface area (Å²) < 4.78 is 5.74. The third kappa shape index (κ3) is 4.06. The highest BCUT2D eigenvalue weighted by Crippen LogP contribution is 2.25. The molecule has 1 fully saturated rings. The van der Waals surface area contributed by atoms with Gasteiger partial charge in [0.05, 0.1) is 6.10 Å². The Morgan fingerprint density at radius 3 is 2.62 bits per heavy atom. The molecule has 118 valence electrons. The first-order valence-electron chi connectivity index (χ1n) is 7.86. The topological polar surface area (TPSA) is 59.1 Å². The number of ether oxygens (including phenoxy) is 1. The summed E-state index contributed by atoms with van der Waals surface area (Å²) in [5, 5.41) is 6.58. The molecule has 1 aliphatic heterocycles. The molecule has 2 heterocycles. The molecule has 5 nitrogen and oxygen atoms in total. The van der Waals surface area contributed by atoms with E-state index in [9.17, 15) is 0 Å². The predicted molar refractivity (Wildman–Crippen MR) is 86.9 cm³/mol. The Balaban J connectivity index is 2.09. The summed E-state index contributed by atoms with van der Waals surface area (Å²) in [5.74, 6) is 3.17. The molecule has 0 spiro atoms. The molecule has 0 amide bonds. The number of aromatic nitrogens is 2. The molecule has 2 atom stereocenters. The Bertz CT molecular complexity index is 470. The molecule has 0 radical (unpaired) electrons. The van der Waals surface area contributed by atoms with E-state index in [0.29, 0.717) is 12.0 Å². The molecule has 21 heavy (non-hydrogen) atoms. The van der Waals surface area contributed by atoms with E-state index in [4.69, 9.17) is 4.74 Å². The van der Waals surface area contributed by atoms with Crippen LogP contribution < -0.4 is 10.6 Å². The maximum absolute atomic E-state index is 5.74. The minimum Gasteiger partial charge on any atom is -0.378 e. The van der Waals surface area contributed by atoms with Crippen LogP contribution in [0.4, 0.5) is 11.6 Å². The van der Waals surface area contributed by atoms with E-state index in [0.717, 1.165) is 43.5 Å². The minimum absolute atomic E-state index is 0.0638. The first-order chi connectivity index (χ1) is 9.94. The van der Waals surface area contributed by atoms with Gasteiger partial charge in [-0.25, -0.2) is 9.97 Å². The van der Waals surface area contributed by atoms with Gasteiger partial charge in [-0.1, -0.05) is 27.7 Å². The number of rotatable bonds is 5. The molecule has 0 aliphatic carbocycles. The van der Waals surface area contributed by atoms with Crippen LogP contribution >= 0.6 is 0 Å². The maximum Gasteiger partial charge on any atom is 0.138 e. The summed E-state index contributed by atoms with van der Waals surface area (Å²) in [4.78, 5) is 9.21. The van der Waals surface area contributed by atoms with E-state index in [1.807, 2.05) is 13.1 Å². The Kier molecular flexibility index (Phi) is 5.04. The van der Waals surface area contributed by atoms with Crippen LogP contribution in [0.1, 0.15) is 46.4 Å². The van der Waals surface area contributed by atoms with Gasteiger partial charge < -0.3 is 15.4 Å². The zero-order chi connectivity index (χ0) is 15.5. The lowest BCUT2D eigenvalue weighted by molar-refractivity contribution is 0.0900. The predicted octanol–water partition coefficient (Wildman–Crippen LogP) is 3.04. The van der Waals surface area contributed by atoms with Crippen molar-refractivity contribution in [1.29, 1.82) is 0 Å². The monoisotopic (exact) mass is 292 g/mol. The largest absolute Gasteiger partial charge is 0.378 e. The second-order valence-corrected chi connectivity index (χ2v) is 6.71. The number of hydrogen-bond acceptors (Lipinski definition) is 5. The molecule has 1 aliphatic rings. The number of nitrogens with zero attached hydrogens (tertiary/aromatic N) is 2. The van der Waals surface area contributed by atoms with Crippen molar-refractivity contribution in [3.63, 3.8) is 0 Å². The van der Waals surface area contributed by atoms with E-state index in [1.54, 1.807) is 0 Å². The van der Waals surface area contributed by atoms with Crippen molar-refractivity contribution in [3.8, 4) is 0 Å². The van der Waals surface area contributed by atoms with Gasteiger partial charge in [0.2, 0.25) is 0 Å². The van der Waals surface area contributed by atoms with Crippen LogP contribution in [0.25, 0.3) is 0 Å². The van der Waals surface area contributed by atoms with Gasteiger partial charge >= 0.3 is 0 Å². The Labute approximate surface area is 127 Å². The highest BCUT2D eigenvalue weighted by molar-refractivity contribution is 5.47. The second-order valence-electron chi connectivity index (χ2n) is 6.71. The zero-order valence-electron chi connectivity index (χ0n) is 13.9. The van der Waals surface area contributed by atoms with Gasteiger partial charge in [0, 0.05) is 37.6 Å². The van der Waals surface area contributed by atoms with Crippen molar-refractivity contribution in [3.05, 3.63) is 11.9 Å². The molecule has 0 bridgehead atoms. The Morgan fingerprint density at radius 1 is 1.29 bits per heavy atom. The first-order valence-corrected chi connectivity index (χ1v) is 7.86. The van der Waals surface area contributed by atoms with Gasteiger partial charge in [0.15, 0.2) is 0 Å². The SMILES string of the molecule is CCC1OCCC1CNc1cc(NC)nc(C(C)(C)C)n1. The van der Waals surface area contributed by atoms with Gasteiger partial charge in [-0.05, 0) is 12.8 Å². The van der Waals surface area contributed by atoms with Crippen LogP contribution in [0.2, 0.25) is 0 Å². The summed E-state index contributed by atoms with van der Waals surface area (Å²) in [6.07, 6.45) is 2.58. The molecular formula is C16H28N4O. The first kappa shape index (κ1) is 16.0. The van der Waals surface area contributed by atoms with E-state index >= 15 is 0 Å². The lowest BCUT2D eigenvalue weighted by atomic mass is 9.95. The van der Waals surface area contributed by atoms with Crippen LogP contribution in [0, 0.1) is 5.92 Å². The number of hydrogen-bond donors (Lipinski definition) is 2. The van der Waals surface area contributed by atoms with Crippen molar-refractivity contribution < 1.29 is 4.74 Å². The normalized spacial score (nSPS) is 22.3. The number of nitrogens with one attached hydrogen (secondary N) is 2. The van der Waals surface area contributed by atoms with Crippen molar-refractivity contribution in [2.24, 2.45) is 5.92 Å². The van der Waals surface area contributed by atoms with E-state index < -0.39 is 0 Å².